The Morgan fingerprint density at radius 1 is 1.37 bits per heavy atom. The Balaban J connectivity index is 1.96. The molecule has 0 unspecified atom stereocenters. The van der Waals surface area contributed by atoms with Crippen molar-refractivity contribution in [3.05, 3.63) is 23.3 Å². The zero-order valence-corrected chi connectivity index (χ0v) is 11.7. The molecule has 1 aromatic rings. The minimum Gasteiger partial charge on any atom is -0.507 e. The van der Waals surface area contributed by atoms with Crippen molar-refractivity contribution in [2.45, 2.75) is 32.7 Å². The van der Waals surface area contributed by atoms with Crippen molar-refractivity contribution in [1.82, 2.24) is 4.90 Å². The van der Waals surface area contributed by atoms with Crippen LogP contribution in [0.5, 0.6) is 5.75 Å². The van der Waals surface area contributed by atoms with E-state index < -0.39 is 0 Å². The molecule has 102 valence electrons. The molecular formula is C16H22N2O. The number of nitrogens with one attached hydrogen (secondary N) is 1. The Morgan fingerprint density at radius 3 is 2.68 bits per heavy atom. The molecule has 1 fully saturated rings. The number of nitrogens with zero attached hydrogens (tertiary/aromatic N) is 1. The van der Waals surface area contributed by atoms with E-state index in [9.17, 15) is 5.11 Å². The highest BCUT2D eigenvalue weighted by Crippen LogP contribution is 2.29. The summed E-state index contributed by atoms with van der Waals surface area (Å²) < 4.78 is 0. The Morgan fingerprint density at radius 2 is 2.05 bits per heavy atom. The van der Waals surface area contributed by atoms with Gasteiger partial charge in [0.1, 0.15) is 5.75 Å². The van der Waals surface area contributed by atoms with E-state index in [1.54, 1.807) is 0 Å². The third-order valence-corrected chi connectivity index (χ3v) is 3.89. The maximum atomic E-state index is 9.96. The van der Waals surface area contributed by atoms with Gasteiger partial charge in [-0.3, -0.25) is 4.90 Å². The molecule has 1 heterocycles. The number of aryl methyl sites for hydroxylation is 1. The maximum absolute atomic E-state index is 9.96. The Bertz CT molecular complexity index is 482. The van der Waals surface area contributed by atoms with Crippen LogP contribution in [0.25, 0.3) is 0 Å². The summed E-state index contributed by atoms with van der Waals surface area (Å²) in [7, 11) is 0. The molecule has 0 radical (unpaired) electrons. The molecule has 2 N–H and O–H groups in total. The molecule has 0 aliphatic carbocycles. The van der Waals surface area contributed by atoms with E-state index in [-0.39, 0.29) is 0 Å². The normalized spacial score (nSPS) is 17.1. The van der Waals surface area contributed by atoms with Gasteiger partial charge in [0.25, 0.3) is 0 Å². The van der Waals surface area contributed by atoms with Crippen LogP contribution in [0.2, 0.25) is 0 Å². The van der Waals surface area contributed by atoms with Crippen LogP contribution in [-0.4, -0.2) is 35.7 Å². The minimum absolute atomic E-state index is 0.398. The first-order valence-electron chi connectivity index (χ1n) is 6.83. The molecule has 19 heavy (non-hydrogen) atoms. The van der Waals surface area contributed by atoms with Gasteiger partial charge >= 0.3 is 0 Å². The standard InChI is InChI=1S/C16H22N2O/c1-4-9-18-10-7-14(8-11-18)17-15-6-5-12(2)16(19)13(15)3/h1,5-6,14,17,19H,7-11H2,2-3H3. The molecule has 3 heteroatoms. The van der Waals surface area contributed by atoms with E-state index in [0.717, 1.165) is 49.3 Å². The summed E-state index contributed by atoms with van der Waals surface area (Å²) in [5.41, 5.74) is 2.90. The number of likely N-dealkylation sites (tertiary alicyclic amines) is 1. The predicted octanol–water partition coefficient (Wildman–Crippen LogP) is 2.52. The second kappa shape index (κ2) is 5.99. The zero-order chi connectivity index (χ0) is 13.8. The molecule has 0 atom stereocenters. The van der Waals surface area contributed by atoms with Crippen molar-refractivity contribution in [1.29, 1.82) is 0 Å². The number of hydrogen-bond donors (Lipinski definition) is 2. The first-order valence-corrected chi connectivity index (χ1v) is 6.83. The average molecular weight is 258 g/mol. The van der Waals surface area contributed by atoms with Crippen LogP contribution in [0.4, 0.5) is 5.69 Å². The molecule has 0 aromatic heterocycles. The van der Waals surface area contributed by atoms with E-state index >= 15 is 0 Å². The van der Waals surface area contributed by atoms with Gasteiger partial charge in [-0.25, -0.2) is 0 Å². The first-order chi connectivity index (χ1) is 9.11. The van der Waals surface area contributed by atoms with Crippen molar-refractivity contribution in [2.24, 2.45) is 0 Å². The van der Waals surface area contributed by atoms with Crippen LogP contribution in [0.3, 0.4) is 0 Å². The third kappa shape index (κ3) is 3.21. The number of aromatic hydroxyl groups is 1. The average Bonchev–Trinajstić information content (AvgIpc) is 2.42. The molecule has 0 spiro atoms. The fraction of sp³-hybridized carbons (Fsp3) is 0.500. The highest BCUT2D eigenvalue weighted by atomic mass is 16.3. The van der Waals surface area contributed by atoms with Gasteiger partial charge in [-0.2, -0.15) is 0 Å². The molecular weight excluding hydrogens is 236 g/mol. The van der Waals surface area contributed by atoms with Gasteiger partial charge < -0.3 is 10.4 Å². The summed E-state index contributed by atoms with van der Waals surface area (Å²) in [5, 5.41) is 13.5. The largest absolute Gasteiger partial charge is 0.507 e. The number of terminal acetylenes is 1. The highest BCUT2D eigenvalue weighted by Gasteiger charge is 2.19. The zero-order valence-electron chi connectivity index (χ0n) is 11.7. The number of anilines is 1. The Labute approximate surface area is 115 Å². The van der Waals surface area contributed by atoms with Gasteiger partial charge in [-0.1, -0.05) is 12.0 Å². The molecule has 3 nitrogen and oxygen atoms in total. The number of phenols is 1. The van der Waals surface area contributed by atoms with Crippen LogP contribution in [-0.2, 0) is 0 Å². The highest BCUT2D eigenvalue weighted by molar-refractivity contribution is 5.59. The lowest BCUT2D eigenvalue weighted by molar-refractivity contribution is 0.243. The summed E-state index contributed by atoms with van der Waals surface area (Å²) >= 11 is 0. The van der Waals surface area contributed by atoms with E-state index in [1.807, 2.05) is 19.9 Å². The van der Waals surface area contributed by atoms with Crippen molar-refractivity contribution in [3.8, 4) is 18.1 Å². The molecule has 1 aromatic carbocycles. The van der Waals surface area contributed by atoms with Crippen LogP contribution in [0.1, 0.15) is 24.0 Å². The molecule has 1 aliphatic rings. The van der Waals surface area contributed by atoms with Crippen LogP contribution in [0.15, 0.2) is 12.1 Å². The van der Waals surface area contributed by atoms with Gasteiger partial charge in [0.15, 0.2) is 0 Å². The SMILES string of the molecule is C#CCN1CCC(Nc2ccc(C)c(O)c2C)CC1. The molecule has 0 bridgehead atoms. The van der Waals surface area contributed by atoms with E-state index in [1.165, 1.54) is 0 Å². The lowest BCUT2D eigenvalue weighted by atomic mass is 10.0. The monoisotopic (exact) mass is 258 g/mol. The first kappa shape index (κ1) is 13.8. The van der Waals surface area contributed by atoms with Gasteiger partial charge in [0, 0.05) is 30.4 Å². The summed E-state index contributed by atoms with van der Waals surface area (Å²) in [6, 6.07) is 4.48. The van der Waals surface area contributed by atoms with Crippen molar-refractivity contribution < 1.29 is 5.11 Å². The molecule has 1 aliphatic heterocycles. The lowest BCUT2D eigenvalue weighted by Crippen LogP contribution is -2.39. The van der Waals surface area contributed by atoms with Gasteiger partial charge in [-0.05, 0) is 38.3 Å². The van der Waals surface area contributed by atoms with Crippen molar-refractivity contribution in [2.75, 3.05) is 25.0 Å². The minimum atomic E-state index is 0.398. The Hall–Kier alpha value is -1.66. The number of piperidine rings is 1. The van der Waals surface area contributed by atoms with Crippen LogP contribution >= 0.6 is 0 Å². The third-order valence-electron chi connectivity index (χ3n) is 3.89. The molecule has 0 amide bonds. The second-order valence-electron chi connectivity index (χ2n) is 5.30. The Kier molecular flexibility index (Phi) is 4.34. The summed E-state index contributed by atoms with van der Waals surface area (Å²) in [5.74, 6) is 3.10. The molecule has 2 rings (SSSR count). The van der Waals surface area contributed by atoms with Gasteiger partial charge in [0.2, 0.25) is 0 Å². The van der Waals surface area contributed by atoms with E-state index in [0.29, 0.717) is 11.8 Å². The summed E-state index contributed by atoms with van der Waals surface area (Å²) in [6.07, 6.45) is 7.52. The fourth-order valence-electron chi connectivity index (χ4n) is 2.58. The molecule has 0 saturated carbocycles. The van der Waals surface area contributed by atoms with Crippen molar-refractivity contribution >= 4 is 5.69 Å². The maximum Gasteiger partial charge on any atom is 0.123 e. The fourth-order valence-corrected chi connectivity index (χ4v) is 2.58. The summed E-state index contributed by atoms with van der Waals surface area (Å²) in [6.45, 7) is 6.71. The predicted molar refractivity (Wildman–Crippen MR) is 79.5 cm³/mol. The van der Waals surface area contributed by atoms with Gasteiger partial charge in [-0.15, -0.1) is 6.42 Å². The topological polar surface area (TPSA) is 35.5 Å². The number of hydrogen-bond acceptors (Lipinski definition) is 3. The van der Waals surface area contributed by atoms with Crippen LogP contribution < -0.4 is 5.32 Å². The number of rotatable bonds is 3. The molecule has 1 saturated heterocycles. The number of phenolic OH excluding ortho intramolecular Hbond substituents is 1. The lowest BCUT2D eigenvalue weighted by Gasteiger charge is -2.32. The quantitative estimate of drug-likeness (QED) is 0.818. The van der Waals surface area contributed by atoms with Crippen LogP contribution in [0, 0.1) is 26.2 Å². The smallest absolute Gasteiger partial charge is 0.123 e. The van der Waals surface area contributed by atoms with E-state index in [4.69, 9.17) is 6.42 Å². The van der Waals surface area contributed by atoms with E-state index in [2.05, 4.69) is 22.2 Å². The number of benzene rings is 1. The van der Waals surface area contributed by atoms with Crippen molar-refractivity contribution in [3.63, 3.8) is 0 Å². The second-order valence-corrected chi connectivity index (χ2v) is 5.30. The summed E-state index contributed by atoms with van der Waals surface area (Å²) in [4.78, 5) is 2.30. The van der Waals surface area contributed by atoms with Gasteiger partial charge in [0.05, 0.1) is 6.54 Å².